The van der Waals surface area contributed by atoms with Crippen LogP contribution in [0.2, 0.25) is 0 Å². The van der Waals surface area contributed by atoms with Crippen LogP contribution in [0.25, 0.3) is 0 Å². The van der Waals surface area contributed by atoms with Gasteiger partial charge >= 0.3 is 0 Å². The average molecular weight is 270 g/mol. The molecule has 0 heterocycles. The second-order valence-corrected chi connectivity index (χ2v) is 6.30. The Labute approximate surface area is 107 Å². The Balaban J connectivity index is 1.99. The molecule has 1 fully saturated rings. The van der Waals surface area contributed by atoms with Crippen molar-refractivity contribution in [1.29, 1.82) is 0 Å². The van der Waals surface area contributed by atoms with E-state index >= 15 is 0 Å². The SMILES string of the molecule is COc1ccc(S(=O)(=O)NCC(N)C2CC2)cc1. The molecule has 0 saturated heterocycles. The van der Waals surface area contributed by atoms with Gasteiger partial charge in [0.1, 0.15) is 5.75 Å². The second kappa shape index (κ2) is 5.26. The molecular formula is C12H18N2O3S. The predicted molar refractivity (Wildman–Crippen MR) is 68.9 cm³/mol. The van der Waals surface area contributed by atoms with Gasteiger partial charge in [-0.1, -0.05) is 0 Å². The molecule has 1 unspecified atom stereocenters. The monoisotopic (exact) mass is 270 g/mol. The molecular weight excluding hydrogens is 252 g/mol. The van der Waals surface area contributed by atoms with E-state index in [9.17, 15) is 8.42 Å². The fraction of sp³-hybridized carbons (Fsp3) is 0.500. The van der Waals surface area contributed by atoms with Crippen molar-refractivity contribution in [2.24, 2.45) is 11.7 Å². The van der Waals surface area contributed by atoms with E-state index in [1.807, 2.05) is 0 Å². The average Bonchev–Trinajstić information content (AvgIpc) is 3.20. The van der Waals surface area contributed by atoms with Gasteiger partial charge in [0.05, 0.1) is 12.0 Å². The van der Waals surface area contributed by atoms with Crippen LogP contribution in [0, 0.1) is 5.92 Å². The molecule has 1 aliphatic rings. The number of nitrogens with one attached hydrogen (secondary N) is 1. The molecule has 0 spiro atoms. The molecule has 3 N–H and O–H groups in total. The number of methoxy groups -OCH3 is 1. The minimum Gasteiger partial charge on any atom is -0.497 e. The highest BCUT2D eigenvalue weighted by atomic mass is 32.2. The van der Waals surface area contributed by atoms with E-state index in [1.165, 1.54) is 19.2 Å². The summed E-state index contributed by atoms with van der Waals surface area (Å²) in [4.78, 5) is 0.228. The Morgan fingerprint density at radius 2 is 2.00 bits per heavy atom. The van der Waals surface area contributed by atoms with Crippen molar-refractivity contribution in [1.82, 2.24) is 4.72 Å². The molecule has 5 nitrogen and oxygen atoms in total. The highest BCUT2D eigenvalue weighted by Crippen LogP contribution is 2.31. The number of benzene rings is 1. The van der Waals surface area contributed by atoms with Gasteiger partial charge in [0.2, 0.25) is 10.0 Å². The molecule has 0 bridgehead atoms. The first kappa shape index (κ1) is 13.3. The zero-order valence-corrected chi connectivity index (χ0v) is 11.1. The molecule has 1 saturated carbocycles. The van der Waals surface area contributed by atoms with E-state index in [0.717, 1.165) is 12.8 Å². The van der Waals surface area contributed by atoms with E-state index in [1.54, 1.807) is 12.1 Å². The van der Waals surface area contributed by atoms with Crippen LogP contribution >= 0.6 is 0 Å². The van der Waals surface area contributed by atoms with Crippen LogP contribution in [0.4, 0.5) is 0 Å². The largest absolute Gasteiger partial charge is 0.497 e. The number of nitrogens with two attached hydrogens (primary N) is 1. The fourth-order valence-corrected chi connectivity index (χ4v) is 2.81. The van der Waals surface area contributed by atoms with Gasteiger partial charge in [-0.3, -0.25) is 0 Å². The fourth-order valence-electron chi connectivity index (χ4n) is 1.74. The topological polar surface area (TPSA) is 81.4 Å². The van der Waals surface area contributed by atoms with Gasteiger partial charge in [0, 0.05) is 12.6 Å². The van der Waals surface area contributed by atoms with Crippen LogP contribution in [-0.4, -0.2) is 28.1 Å². The van der Waals surface area contributed by atoms with E-state index in [2.05, 4.69) is 4.72 Å². The summed E-state index contributed by atoms with van der Waals surface area (Å²) in [6, 6.07) is 6.19. The Hall–Kier alpha value is -1.11. The van der Waals surface area contributed by atoms with Crippen LogP contribution in [-0.2, 0) is 10.0 Å². The maximum absolute atomic E-state index is 12.0. The smallest absolute Gasteiger partial charge is 0.240 e. The molecule has 1 aromatic rings. The summed E-state index contributed by atoms with van der Waals surface area (Å²) < 4.78 is 31.5. The molecule has 2 rings (SSSR count). The molecule has 100 valence electrons. The van der Waals surface area contributed by atoms with Gasteiger partial charge in [-0.25, -0.2) is 13.1 Å². The lowest BCUT2D eigenvalue weighted by molar-refractivity contribution is 0.414. The van der Waals surface area contributed by atoms with Gasteiger partial charge < -0.3 is 10.5 Å². The molecule has 1 aliphatic carbocycles. The second-order valence-electron chi connectivity index (χ2n) is 4.53. The Bertz CT molecular complexity index is 495. The Morgan fingerprint density at radius 3 is 2.50 bits per heavy atom. The van der Waals surface area contributed by atoms with Crippen molar-refractivity contribution >= 4 is 10.0 Å². The quantitative estimate of drug-likeness (QED) is 0.797. The first-order valence-corrected chi connectivity index (χ1v) is 7.40. The number of hydrogen-bond acceptors (Lipinski definition) is 4. The van der Waals surface area contributed by atoms with Gasteiger partial charge in [-0.05, 0) is 43.0 Å². The van der Waals surface area contributed by atoms with Crippen molar-refractivity contribution in [2.45, 2.75) is 23.8 Å². The van der Waals surface area contributed by atoms with Crippen LogP contribution in [0.5, 0.6) is 5.75 Å². The summed E-state index contributed by atoms with van der Waals surface area (Å²) in [7, 11) is -1.93. The molecule has 0 radical (unpaired) electrons. The summed E-state index contributed by atoms with van der Waals surface area (Å²) in [5, 5.41) is 0. The maximum atomic E-state index is 12.0. The first-order valence-electron chi connectivity index (χ1n) is 5.92. The number of hydrogen-bond donors (Lipinski definition) is 2. The van der Waals surface area contributed by atoms with Crippen LogP contribution in [0.1, 0.15) is 12.8 Å². The van der Waals surface area contributed by atoms with Crippen LogP contribution in [0.3, 0.4) is 0 Å². The van der Waals surface area contributed by atoms with E-state index < -0.39 is 10.0 Å². The van der Waals surface area contributed by atoms with Crippen molar-refractivity contribution < 1.29 is 13.2 Å². The van der Waals surface area contributed by atoms with E-state index in [-0.39, 0.29) is 10.9 Å². The zero-order valence-electron chi connectivity index (χ0n) is 10.3. The lowest BCUT2D eigenvalue weighted by atomic mass is 10.2. The predicted octanol–water partition coefficient (Wildman–Crippen LogP) is 0.711. The summed E-state index contributed by atoms with van der Waals surface area (Å²) >= 11 is 0. The van der Waals surface area contributed by atoms with Gasteiger partial charge in [-0.15, -0.1) is 0 Å². The van der Waals surface area contributed by atoms with E-state index in [4.69, 9.17) is 10.5 Å². The highest BCUT2D eigenvalue weighted by Gasteiger charge is 2.29. The van der Waals surface area contributed by atoms with Crippen LogP contribution in [0.15, 0.2) is 29.2 Å². The standard InChI is InChI=1S/C12H18N2O3S/c1-17-10-4-6-11(7-5-10)18(15,16)14-8-12(13)9-2-3-9/h4-7,9,12,14H,2-3,8,13H2,1H3. The molecule has 0 amide bonds. The van der Waals surface area contributed by atoms with Crippen molar-refractivity contribution in [3.8, 4) is 5.75 Å². The maximum Gasteiger partial charge on any atom is 0.240 e. The van der Waals surface area contributed by atoms with Gasteiger partial charge in [0.25, 0.3) is 0 Å². The number of sulfonamides is 1. The third kappa shape index (κ3) is 3.22. The lowest BCUT2D eigenvalue weighted by Crippen LogP contribution is -2.38. The summed E-state index contributed by atoms with van der Waals surface area (Å²) in [6.45, 7) is 0.291. The highest BCUT2D eigenvalue weighted by molar-refractivity contribution is 7.89. The summed E-state index contributed by atoms with van der Waals surface area (Å²) in [6.07, 6.45) is 2.21. The third-order valence-electron chi connectivity index (χ3n) is 3.11. The summed E-state index contributed by atoms with van der Waals surface area (Å²) in [5.74, 6) is 1.10. The number of rotatable bonds is 6. The van der Waals surface area contributed by atoms with Gasteiger partial charge in [0.15, 0.2) is 0 Å². The minimum atomic E-state index is -3.47. The van der Waals surface area contributed by atoms with Crippen molar-refractivity contribution in [3.63, 3.8) is 0 Å². The molecule has 1 aromatic carbocycles. The van der Waals surface area contributed by atoms with E-state index in [0.29, 0.717) is 18.2 Å². The number of ether oxygens (including phenoxy) is 1. The Kier molecular flexibility index (Phi) is 3.89. The zero-order chi connectivity index (χ0) is 13.2. The molecule has 1 atom stereocenters. The van der Waals surface area contributed by atoms with Gasteiger partial charge in [-0.2, -0.15) is 0 Å². The minimum absolute atomic E-state index is 0.0852. The Morgan fingerprint density at radius 1 is 1.39 bits per heavy atom. The lowest BCUT2D eigenvalue weighted by Gasteiger charge is -2.12. The van der Waals surface area contributed by atoms with Crippen molar-refractivity contribution in [2.75, 3.05) is 13.7 Å². The third-order valence-corrected chi connectivity index (χ3v) is 4.55. The molecule has 18 heavy (non-hydrogen) atoms. The molecule has 0 aromatic heterocycles. The van der Waals surface area contributed by atoms with Crippen molar-refractivity contribution in [3.05, 3.63) is 24.3 Å². The molecule has 6 heteroatoms. The van der Waals surface area contributed by atoms with Crippen LogP contribution < -0.4 is 15.2 Å². The first-order chi connectivity index (χ1) is 8.53. The molecule has 0 aliphatic heterocycles. The summed E-state index contributed by atoms with van der Waals surface area (Å²) in [5.41, 5.74) is 5.86. The normalized spacial score (nSPS) is 17.4.